The van der Waals surface area contributed by atoms with Gasteiger partial charge in [0.15, 0.2) is 0 Å². The topological polar surface area (TPSA) is 26.3 Å². The Morgan fingerprint density at radius 2 is 2.23 bits per heavy atom. The first kappa shape index (κ1) is 11.3. The van der Waals surface area contributed by atoms with E-state index < -0.39 is 0 Å². The van der Waals surface area contributed by atoms with E-state index >= 15 is 0 Å². The van der Waals surface area contributed by atoms with E-state index in [0.717, 1.165) is 12.9 Å². The molecule has 1 rings (SSSR count). The third-order valence-electron chi connectivity index (χ3n) is 1.43. The second kappa shape index (κ2) is 4.65. The van der Waals surface area contributed by atoms with Gasteiger partial charge in [-0.25, -0.2) is 4.79 Å². The Kier molecular flexibility index (Phi) is 4.06. The molecule has 0 aliphatic rings. The number of carbonyl (C=O) groups excluding carboxylic acids is 1. The number of methoxy groups -OCH3 is 1. The van der Waals surface area contributed by atoms with Crippen LogP contribution in [0, 0.1) is 3.57 Å². The summed E-state index contributed by atoms with van der Waals surface area (Å²) >= 11 is 9.70. The Labute approximate surface area is 104 Å². The fourth-order valence-electron chi connectivity index (χ4n) is 0.810. The molecule has 0 N–H and O–H groups in total. The normalized spacial score (nSPS) is 9.85. The Bertz CT molecular complexity index is 331. The summed E-state index contributed by atoms with van der Waals surface area (Å²) in [5.41, 5.74) is 0.500. The third-order valence-corrected chi connectivity index (χ3v) is 4.74. The molecule has 1 aromatic carbocycles. The van der Waals surface area contributed by atoms with Crippen molar-refractivity contribution in [2.24, 2.45) is 0 Å². The van der Waals surface area contributed by atoms with Crippen molar-refractivity contribution >= 4 is 57.1 Å². The highest BCUT2D eigenvalue weighted by atomic mass is 127. The van der Waals surface area contributed by atoms with Crippen molar-refractivity contribution in [1.82, 2.24) is 0 Å². The number of rotatable bonds is 1. The number of hydrogen-bond donors (Lipinski definition) is 1. The molecule has 0 atom stereocenters. The first-order chi connectivity index (χ1) is 6.06. The summed E-state index contributed by atoms with van der Waals surface area (Å²) in [7, 11) is 1.35. The third kappa shape index (κ3) is 2.60. The maximum atomic E-state index is 11.1. The van der Waals surface area contributed by atoms with Gasteiger partial charge in [0.1, 0.15) is 0 Å². The fraction of sp³-hybridized carbons (Fsp3) is 0.125. The Hall–Kier alpha value is 0.250. The summed E-state index contributed by atoms with van der Waals surface area (Å²) in [5, 5.41) is 0. The van der Waals surface area contributed by atoms with Crippen LogP contribution >= 0.6 is 51.1 Å². The summed E-state index contributed by atoms with van der Waals surface area (Å²) in [6.07, 6.45) is 0. The molecular weight excluding hydrogens is 367 g/mol. The van der Waals surface area contributed by atoms with Gasteiger partial charge in [0.25, 0.3) is 0 Å². The molecule has 0 unspecified atom stereocenters. The Morgan fingerprint density at radius 1 is 1.62 bits per heavy atom. The number of benzene rings is 1. The van der Waals surface area contributed by atoms with Gasteiger partial charge in [-0.15, -0.1) is 12.6 Å². The predicted molar refractivity (Wildman–Crippen MR) is 65.5 cm³/mol. The minimum absolute atomic E-state index is 0.354. The summed E-state index contributed by atoms with van der Waals surface area (Å²) in [4.78, 5) is 11.9. The van der Waals surface area contributed by atoms with Crippen molar-refractivity contribution in [1.29, 1.82) is 0 Å². The lowest BCUT2D eigenvalue weighted by Crippen LogP contribution is -2.01. The highest BCUT2D eigenvalue weighted by Crippen LogP contribution is 2.27. The summed E-state index contributed by atoms with van der Waals surface area (Å²) in [5.74, 6) is -0.354. The molecule has 70 valence electrons. The number of thiol groups is 1. The minimum atomic E-state index is -0.354. The maximum absolute atomic E-state index is 11.1. The van der Waals surface area contributed by atoms with Gasteiger partial charge < -0.3 is 4.74 Å². The lowest BCUT2D eigenvalue weighted by Gasteiger charge is -2.04. The van der Waals surface area contributed by atoms with Crippen LogP contribution < -0.4 is 0 Å². The van der Waals surface area contributed by atoms with E-state index in [4.69, 9.17) is 0 Å². The van der Waals surface area contributed by atoms with Crippen LogP contribution in [0.1, 0.15) is 10.4 Å². The van der Waals surface area contributed by atoms with Crippen molar-refractivity contribution in [3.05, 3.63) is 25.7 Å². The van der Waals surface area contributed by atoms with Crippen LogP contribution in [-0.4, -0.2) is 13.1 Å². The number of ether oxygens (including phenoxy) is 1. The van der Waals surface area contributed by atoms with E-state index in [1.807, 2.05) is 0 Å². The van der Waals surface area contributed by atoms with Crippen molar-refractivity contribution in [2.75, 3.05) is 7.11 Å². The molecule has 0 aliphatic carbocycles. The smallest absolute Gasteiger partial charge is 0.337 e. The molecule has 0 aromatic heterocycles. The first-order valence-corrected chi connectivity index (χ1v) is 5.64. The van der Waals surface area contributed by atoms with Gasteiger partial charge in [-0.05, 0) is 50.7 Å². The largest absolute Gasteiger partial charge is 0.465 e. The van der Waals surface area contributed by atoms with Crippen molar-refractivity contribution < 1.29 is 9.53 Å². The number of halogens is 2. The van der Waals surface area contributed by atoms with Crippen LogP contribution in [0.2, 0.25) is 0 Å². The lowest BCUT2D eigenvalue weighted by atomic mass is 10.2. The number of hydrogen-bond acceptors (Lipinski definition) is 3. The Morgan fingerprint density at radius 3 is 2.69 bits per heavy atom. The molecule has 0 saturated heterocycles. The molecule has 0 radical (unpaired) electrons. The van der Waals surface area contributed by atoms with Gasteiger partial charge in [0.2, 0.25) is 0 Å². The van der Waals surface area contributed by atoms with Crippen LogP contribution in [0.25, 0.3) is 0 Å². The van der Waals surface area contributed by atoms with Crippen LogP contribution in [0.15, 0.2) is 21.5 Å². The van der Waals surface area contributed by atoms with Gasteiger partial charge >= 0.3 is 5.97 Å². The van der Waals surface area contributed by atoms with Gasteiger partial charge in [0.05, 0.1) is 12.7 Å². The second-order valence-electron chi connectivity index (χ2n) is 2.28. The highest BCUT2D eigenvalue weighted by molar-refractivity contribution is 14.1. The molecule has 2 nitrogen and oxygen atoms in total. The summed E-state index contributed by atoms with van der Waals surface area (Å²) in [6.45, 7) is 0. The molecule has 0 aliphatic heterocycles. The lowest BCUT2D eigenvalue weighted by molar-refractivity contribution is 0.0600. The van der Waals surface area contributed by atoms with E-state index in [1.165, 1.54) is 7.11 Å². The predicted octanol–water partition coefficient (Wildman–Crippen LogP) is 3.13. The fourth-order valence-corrected chi connectivity index (χ4v) is 1.99. The zero-order valence-electron chi connectivity index (χ0n) is 6.67. The average Bonchev–Trinajstić information content (AvgIpc) is 2.12. The van der Waals surface area contributed by atoms with Crippen LogP contribution in [0.4, 0.5) is 0 Å². The van der Waals surface area contributed by atoms with E-state index in [1.54, 1.807) is 12.1 Å². The molecule has 0 bridgehead atoms. The standard InChI is InChI=1S/C8H6BrIO2S/c1-12-8(11)4-2-5(9)7(10)6(13)3-4/h2-3,13H,1H3. The SMILES string of the molecule is COC(=O)c1cc(S)c(I)c(Br)c1. The molecule has 0 amide bonds. The Balaban J connectivity index is 3.20. The zero-order chi connectivity index (χ0) is 10.0. The molecule has 0 spiro atoms. The van der Waals surface area contributed by atoms with Crippen LogP contribution in [-0.2, 0) is 4.74 Å². The van der Waals surface area contributed by atoms with E-state index in [-0.39, 0.29) is 5.97 Å². The molecule has 13 heavy (non-hydrogen) atoms. The van der Waals surface area contributed by atoms with Gasteiger partial charge in [-0.1, -0.05) is 0 Å². The number of esters is 1. The van der Waals surface area contributed by atoms with Crippen LogP contribution in [0.5, 0.6) is 0 Å². The summed E-state index contributed by atoms with van der Waals surface area (Å²) in [6, 6.07) is 3.40. The number of carbonyl (C=O) groups is 1. The zero-order valence-corrected chi connectivity index (χ0v) is 11.3. The summed E-state index contributed by atoms with van der Waals surface area (Å²) < 4.78 is 6.42. The van der Waals surface area contributed by atoms with Crippen molar-refractivity contribution in [3.8, 4) is 0 Å². The van der Waals surface area contributed by atoms with E-state index in [9.17, 15) is 4.79 Å². The first-order valence-electron chi connectivity index (χ1n) is 3.32. The maximum Gasteiger partial charge on any atom is 0.337 e. The molecule has 5 heteroatoms. The average molecular weight is 373 g/mol. The van der Waals surface area contributed by atoms with Gasteiger partial charge in [-0.3, -0.25) is 0 Å². The molecular formula is C8H6BrIO2S. The quantitative estimate of drug-likeness (QED) is 0.465. The highest BCUT2D eigenvalue weighted by Gasteiger charge is 2.10. The molecule has 1 aromatic rings. The van der Waals surface area contributed by atoms with Gasteiger partial charge in [0, 0.05) is 12.9 Å². The molecule has 0 saturated carbocycles. The van der Waals surface area contributed by atoms with Crippen LogP contribution in [0.3, 0.4) is 0 Å². The van der Waals surface area contributed by atoms with Crippen molar-refractivity contribution in [3.63, 3.8) is 0 Å². The van der Waals surface area contributed by atoms with E-state index in [0.29, 0.717) is 5.56 Å². The molecule has 0 heterocycles. The molecule has 0 fully saturated rings. The second-order valence-corrected chi connectivity index (χ2v) is 4.70. The van der Waals surface area contributed by atoms with E-state index in [2.05, 4.69) is 55.9 Å². The minimum Gasteiger partial charge on any atom is -0.465 e. The van der Waals surface area contributed by atoms with Gasteiger partial charge in [-0.2, -0.15) is 0 Å². The monoisotopic (exact) mass is 372 g/mol. The van der Waals surface area contributed by atoms with Crippen molar-refractivity contribution in [2.45, 2.75) is 4.90 Å².